The second kappa shape index (κ2) is 9.03. The Balaban J connectivity index is 1.52. The summed E-state index contributed by atoms with van der Waals surface area (Å²) in [7, 11) is 1.65. The van der Waals surface area contributed by atoms with Crippen molar-refractivity contribution in [1.29, 1.82) is 0 Å². The number of nitrogens with one attached hydrogen (secondary N) is 1. The van der Waals surface area contributed by atoms with Crippen LogP contribution in [0.2, 0.25) is 0 Å². The summed E-state index contributed by atoms with van der Waals surface area (Å²) in [4.78, 5) is 4.47. The summed E-state index contributed by atoms with van der Waals surface area (Å²) in [6.07, 6.45) is 10.0. The molecule has 1 unspecified atom stereocenters. The Morgan fingerprint density at radius 3 is 2.78 bits per heavy atom. The highest BCUT2D eigenvalue weighted by molar-refractivity contribution is 5.64. The van der Waals surface area contributed by atoms with E-state index >= 15 is 0 Å². The zero-order valence-electron chi connectivity index (χ0n) is 19.2. The molecule has 0 radical (unpaired) electrons. The summed E-state index contributed by atoms with van der Waals surface area (Å²) in [5.41, 5.74) is 6.46. The van der Waals surface area contributed by atoms with E-state index in [9.17, 15) is 0 Å². The van der Waals surface area contributed by atoms with Gasteiger partial charge in [-0.1, -0.05) is 0 Å². The summed E-state index contributed by atoms with van der Waals surface area (Å²) in [6.45, 7) is 7.89. The molecule has 1 saturated heterocycles. The van der Waals surface area contributed by atoms with Crippen LogP contribution < -0.4 is 10.1 Å². The number of rotatable bonds is 5. The second-order valence-electron chi connectivity index (χ2n) is 8.85. The molecule has 0 saturated carbocycles. The van der Waals surface area contributed by atoms with E-state index in [1.165, 1.54) is 24.1 Å². The molecule has 1 fully saturated rings. The molecule has 8 heteroatoms. The van der Waals surface area contributed by atoms with Gasteiger partial charge in [0.15, 0.2) is 0 Å². The van der Waals surface area contributed by atoms with Crippen LogP contribution in [-0.2, 0) is 17.6 Å². The molecule has 32 heavy (non-hydrogen) atoms. The largest absolute Gasteiger partial charge is 0.481 e. The quantitative estimate of drug-likeness (QED) is 0.662. The Bertz CT molecular complexity index is 1080. The number of pyridine rings is 1. The number of nitrogens with zero attached hydrogens (tertiary/aromatic N) is 5. The van der Waals surface area contributed by atoms with Crippen LogP contribution in [0.5, 0.6) is 5.88 Å². The number of ether oxygens (including phenoxy) is 2. The third-order valence-electron chi connectivity index (χ3n) is 6.88. The van der Waals surface area contributed by atoms with Gasteiger partial charge in [-0.05, 0) is 58.2 Å². The molecule has 0 aromatic carbocycles. The summed E-state index contributed by atoms with van der Waals surface area (Å²) in [5.74, 6) is 1.30. The Hall–Kier alpha value is -2.71. The molecule has 0 amide bonds. The first-order chi connectivity index (χ1) is 15.7. The van der Waals surface area contributed by atoms with Gasteiger partial charge < -0.3 is 14.8 Å². The molecule has 3 aromatic heterocycles. The zero-order chi connectivity index (χ0) is 22.1. The SMILES string of the molecule is COc1ncc(-n2nc(-c3cnn(C(C)C4CCNCC4)c3)c3c2CCOCC3)cc1C. The number of aryl methyl sites for hydroxylation is 1. The molecule has 1 atom stereocenters. The fraction of sp³-hybridized carbons (Fsp3) is 0.542. The van der Waals surface area contributed by atoms with Crippen molar-refractivity contribution in [1.82, 2.24) is 29.9 Å². The predicted molar refractivity (Wildman–Crippen MR) is 122 cm³/mol. The maximum absolute atomic E-state index is 5.80. The van der Waals surface area contributed by atoms with Gasteiger partial charge in [0.05, 0.1) is 55.8 Å². The maximum atomic E-state index is 5.80. The van der Waals surface area contributed by atoms with Crippen LogP contribution in [0.4, 0.5) is 0 Å². The van der Waals surface area contributed by atoms with Crippen LogP contribution in [0.15, 0.2) is 24.7 Å². The molecule has 1 N–H and O–H groups in total. The van der Waals surface area contributed by atoms with Crippen molar-refractivity contribution < 1.29 is 9.47 Å². The third kappa shape index (κ3) is 3.93. The fourth-order valence-corrected chi connectivity index (χ4v) is 5.00. The Morgan fingerprint density at radius 2 is 2.00 bits per heavy atom. The van der Waals surface area contributed by atoms with Gasteiger partial charge in [0.2, 0.25) is 5.88 Å². The third-order valence-corrected chi connectivity index (χ3v) is 6.88. The lowest BCUT2D eigenvalue weighted by Crippen LogP contribution is -2.31. The van der Waals surface area contributed by atoms with Crippen LogP contribution in [0.1, 0.15) is 42.6 Å². The van der Waals surface area contributed by atoms with E-state index < -0.39 is 0 Å². The molecule has 3 aromatic rings. The highest BCUT2D eigenvalue weighted by Gasteiger charge is 2.25. The second-order valence-corrected chi connectivity index (χ2v) is 8.85. The minimum Gasteiger partial charge on any atom is -0.481 e. The first-order valence-electron chi connectivity index (χ1n) is 11.6. The maximum Gasteiger partial charge on any atom is 0.216 e. The summed E-state index contributed by atoms with van der Waals surface area (Å²) in [6, 6.07) is 2.46. The molecule has 8 nitrogen and oxygen atoms in total. The van der Waals surface area contributed by atoms with E-state index in [-0.39, 0.29) is 0 Å². The molecular formula is C24H32N6O2. The average Bonchev–Trinajstić information content (AvgIpc) is 3.37. The normalized spacial score (nSPS) is 18.2. The Morgan fingerprint density at radius 1 is 1.19 bits per heavy atom. The van der Waals surface area contributed by atoms with Crippen molar-refractivity contribution in [2.75, 3.05) is 33.4 Å². The van der Waals surface area contributed by atoms with Crippen LogP contribution in [0, 0.1) is 12.8 Å². The topological polar surface area (TPSA) is 79.0 Å². The van der Waals surface area contributed by atoms with Crippen molar-refractivity contribution in [3.8, 4) is 22.8 Å². The van der Waals surface area contributed by atoms with Gasteiger partial charge in [-0.2, -0.15) is 10.2 Å². The first-order valence-corrected chi connectivity index (χ1v) is 11.6. The van der Waals surface area contributed by atoms with Crippen molar-refractivity contribution in [3.05, 3.63) is 41.5 Å². The Labute approximate surface area is 188 Å². The van der Waals surface area contributed by atoms with Gasteiger partial charge in [0.1, 0.15) is 0 Å². The molecule has 2 aliphatic rings. The molecule has 170 valence electrons. The summed E-state index contributed by atoms with van der Waals surface area (Å²) in [5, 5.41) is 13.3. The van der Waals surface area contributed by atoms with Gasteiger partial charge in [-0.25, -0.2) is 9.67 Å². The highest BCUT2D eigenvalue weighted by atomic mass is 16.5. The average molecular weight is 437 g/mol. The van der Waals surface area contributed by atoms with Crippen LogP contribution in [0.3, 0.4) is 0 Å². The number of hydrogen-bond acceptors (Lipinski definition) is 6. The standard InChI is InChI=1S/C24H32N6O2/c1-16-12-20(14-26-24(16)31-3)30-22-7-11-32-10-6-21(22)23(28-30)19-13-27-29(15-19)17(2)18-4-8-25-9-5-18/h12-15,17-18,25H,4-11H2,1-3H3. The lowest BCUT2D eigenvalue weighted by Gasteiger charge is -2.28. The van der Waals surface area contributed by atoms with E-state index in [0.29, 0.717) is 31.1 Å². The molecule has 0 bridgehead atoms. The molecule has 0 aliphatic carbocycles. The van der Waals surface area contributed by atoms with E-state index in [4.69, 9.17) is 19.7 Å². The molecule has 5 rings (SSSR count). The molecular weight excluding hydrogens is 404 g/mol. The molecule has 5 heterocycles. The van der Waals surface area contributed by atoms with Gasteiger partial charge >= 0.3 is 0 Å². The first kappa shape index (κ1) is 21.2. The highest BCUT2D eigenvalue weighted by Crippen LogP contribution is 2.32. The van der Waals surface area contributed by atoms with E-state index in [2.05, 4.69) is 34.2 Å². The fourth-order valence-electron chi connectivity index (χ4n) is 5.00. The van der Waals surface area contributed by atoms with Crippen LogP contribution in [0.25, 0.3) is 16.9 Å². The van der Waals surface area contributed by atoms with Gasteiger partial charge in [-0.3, -0.25) is 4.68 Å². The number of methoxy groups -OCH3 is 1. The van der Waals surface area contributed by atoms with Crippen molar-refractivity contribution in [3.63, 3.8) is 0 Å². The minimum atomic E-state index is 0.378. The zero-order valence-corrected chi connectivity index (χ0v) is 19.2. The Kier molecular flexibility index (Phi) is 5.97. The summed E-state index contributed by atoms with van der Waals surface area (Å²) >= 11 is 0. The van der Waals surface area contributed by atoms with Crippen LogP contribution >= 0.6 is 0 Å². The number of piperidine rings is 1. The van der Waals surface area contributed by atoms with E-state index in [1.54, 1.807) is 7.11 Å². The van der Waals surface area contributed by atoms with Crippen molar-refractivity contribution in [2.45, 2.75) is 45.6 Å². The molecule has 2 aliphatic heterocycles. The van der Waals surface area contributed by atoms with Crippen molar-refractivity contribution >= 4 is 0 Å². The number of aromatic nitrogens is 5. The van der Waals surface area contributed by atoms with Gasteiger partial charge in [-0.15, -0.1) is 0 Å². The lowest BCUT2D eigenvalue weighted by molar-refractivity contribution is 0.145. The predicted octanol–water partition coefficient (Wildman–Crippen LogP) is 3.12. The summed E-state index contributed by atoms with van der Waals surface area (Å²) < 4.78 is 15.3. The van der Waals surface area contributed by atoms with E-state index in [0.717, 1.165) is 48.4 Å². The van der Waals surface area contributed by atoms with Gasteiger partial charge in [0, 0.05) is 29.3 Å². The van der Waals surface area contributed by atoms with E-state index in [1.807, 2.05) is 24.0 Å². The monoisotopic (exact) mass is 436 g/mol. The number of hydrogen-bond donors (Lipinski definition) is 1. The van der Waals surface area contributed by atoms with Crippen LogP contribution in [-0.4, -0.2) is 58.0 Å². The number of fused-ring (bicyclic) bond motifs is 1. The van der Waals surface area contributed by atoms with Crippen molar-refractivity contribution in [2.24, 2.45) is 5.92 Å². The lowest BCUT2D eigenvalue weighted by atomic mass is 9.91. The minimum absolute atomic E-state index is 0.378. The smallest absolute Gasteiger partial charge is 0.216 e. The molecule has 0 spiro atoms. The van der Waals surface area contributed by atoms with Gasteiger partial charge in [0.25, 0.3) is 0 Å².